The Morgan fingerprint density at radius 2 is 2.00 bits per heavy atom. The molecule has 12 heavy (non-hydrogen) atoms. The van der Waals surface area contributed by atoms with Crippen molar-refractivity contribution in [2.75, 3.05) is 13.6 Å². The number of carbonyl (C=O) groups excluding carboxylic acids is 1. The van der Waals surface area contributed by atoms with E-state index >= 15 is 0 Å². The molecule has 0 aliphatic rings. The van der Waals surface area contributed by atoms with Crippen molar-refractivity contribution in [3.8, 4) is 0 Å². The summed E-state index contributed by atoms with van der Waals surface area (Å²) >= 11 is 0. The summed E-state index contributed by atoms with van der Waals surface area (Å²) in [6.07, 6.45) is 3.91. The smallest absolute Gasteiger partial charge is 0.324 e. The Labute approximate surface area is 74.6 Å². The fraction of sp³-hybridized carbons (Fsp3) is 0.889. The Bertz CT molecular complexity index is 126. The van der Waals surface area contributed by atoms with Crippen LogP contribution in [0.25, 0.3) is 0 Å². The molecule has 0 aromatic heterocycles. The Morgan fingerprint density at radius 1 is 1.33 bits per heavy atom. The van der Waals surface area contributed by atoms with Gasteiger partial charge in [0, 0.05) is 20.0 Å². The lowest BCUT2D eigenvalue weighted by molar-refractivity contribution is -0.183. The first-order valence-electron chi connectivity index (χ1n) is 4.62. The van der Waals surface area contributed by atoms with Gasteiger partial charge in [-0.05, 0) is 6.42 Å². The normalized spacial score (nSPS) is 10.3. The predicted octanol–water partition coefficient (Wildman–Crippen LogP) is 1.98. The van der Waals surface area contributed by atoms with Gasteiger partial charge in [0.15, 0.2) is 0 Å². The van der Waals surface area contributed by atoms with Crippen LogP contribution in [0.4, 0.5) is 0 Å². The van der Waals surface area contributed by atoms with Crippen LogP contribution in [0.3, 0.4) is 0 Å². The number of hydrogen-bond acceptors (Lipinski definition) is 3. The highest BCUT2D eigenvalue weighted by atomic mass is 16.7. The zero-order valence-electron chi connectivity index (χ0n) is 8.30. The number of rotatable bonds is 6. The lowest BCUT2D eigenvalue weighted by Gasteiger charge is -2.14. The van der Waals surface area contributed by atoms with Gasteiger partial charge in [-0.25, -0.2) is 0 Å². The number of hydrogen-bond donors (Lipinski definition) is 0. The molecular weight excluding hydrogens is 154 g/mol. The van der Waals surface area contributed by atoms with Crippen LogP contribution >= 0.6 is 0 Å². The summed E-state index contributed by atoms with van der Waals surface area (Å²) in [6.45, 7) is 4.78. The van der Waals surface area contributed by atoms with Gasteiger partial charge in [0.25, 0.3) is 0 Å². The highest BCUT2D eigenvalue weighted by molar-refractivity contribution is 5.68. The van der Waals surface area contributed by atoms with Crippen LogP contribution in [0.5, 0.6) is 0 Å². The molecule has 0 spiro atoms. The van der Waals surface area contributed by atoms with Crippen molar-refractivity contribution in [3.63, 3.8) is 0 Å². The minimum absolute atomic E-state index is 0.158. The second-order valence-corrected chi connectivity index (χ2v) is 2.88. The van der Waals surface area contributed by atoms with Crippen molar-refractivity contribution in [1.29, 1.82) is 0 Å². The minimum atomic E-state index is -0.158. The predicted molar refractivity (Wildman–Crippen MR) is 48.5 cm³/mol. The first kappa shape index (κ1) is 11.4. The molecule has 0 aromatic carbocycles. The van der Waals surface area contributed by atoms with Crippen molar-refractivity contribution in [2.24, 2.45) is 0 Å². The van der Waals surface area contributed by atoms with Gasteiger partial charge in [0.05, 0.1) is 0 Å². The molecule has 0 amide bonds. The lowest BCUT2D eigenvalue weighted by atomic mass is 10.2. The van der Waals surface area contributed by atoms with E-state index in [-0.39, 0.29) is 5.97 Å². The van der Waals surface area contributed by atoms with Crippen LogP contribution in [-0.4, -0.2) is 24.6 Å². The molecule has 0 aliphatic heterocycles. The van der Waals surface area contributed by atoms with E-state index in [1.165, 1.54) is 12.8 Å². The summed E-state index contributed by atoms with van der Waals surface area (Å²) in [7, 11) is 1.79. The first-order chi connectivity index (χ1) is 5.70. The molecule has 3 nitrogen and oxygen atoms in total. The molecule has 0 heterocycles. The molecule has 0 bridgehead atoms. The maximum absolute atomic E-state index is 10.8. The maximum Gasteiger partial charge on any atom is 0.324 e. The summed E-state index contributed by atoms with van der Waals surface area (Å²) in [6, 6.07) is 0. The van der Waals surface area contributed by atoms with E-state index in [1.807, 2.05) is 0 Å². The average molecular weight is 173 g/mol. The Morgan fingerprint density at radius 3 is 2.50 bits per heavy atom. The third-order valence-corrected chi connectivity index (χ3v) is 1.62. The summed E-state index contributed by atoms with van der Waals surface area (Å²) in [4.78, 5) is 15.7. The van der Waals surface area contributed by atoms with E-state index in [1.54, 1.807) is 19.0 Å². The van der Waals surface area contributed by atoms with Crippen LogP contribution in [0, 0.1) is 0 Å². The Kier molecular flexibility index (Phi) is 6.76. The highest BCUT2D eigenvalue weighted by Gasteiger charge is 2.03. The van der Waals surface area contributed by atoms with E-state index in [0.29, 0.717) is 6.42 Å². The van der Waals surface area contributed by atoms with Gasteiger partial charge < -0.3 is 4.84 Å². The average Bonchev–Trinajstić information content (AvgIpc) is 2.05. The molecule has 0 aromatic rings. The standard InChI is InChI=1S/C9H19NO2/c1-4-6-7-8-10(3)12-9(11)5-2/h4-8H2,1-3H3. The van der Waals surface area contributed by atoms with Crippen molar-refractivity contribution in [2.45, 2.75) is 39.5 Å². The van der Waals surface area contributed by atoms with E-state index in [4.69, 9.17) is 4.84 Å². The van der Waals surface area contributed by atoms with Crippen LogP contribution < -0.4 is 0 Å². The van der Waals surface area contributed by atoms with Crippen molar-refractivity contribution < 1.29 is 9.63 Å². The SMILES string of the molecule is CCCCCN(C)OC(=O)CC. The summed E-state index contributed by atoms with van der Waals surface area (Å²) < 4.78 is 0. The fourth-order valence-corrected chi connectivity index (χ4v) is 0.868. The zero-order valence-corrected chi connectivity index (χ0v) is 8.30. The van der Waals surface area contributed by atoms with Gasteiger partial charge in [-0.3, -0.25) is 4.79 Å². The minimum Gasteiger partial charge on any atom is -0.368 e. The topological polar surface area (TPSA) is 29.5 Å². The molecule has 0 unspecified atom stereocenters. The molecule has 0 saturated heterocycles. The summed E-state index contributed by atoms with van der Waals surface area (Å²) in [5, 5.41) is 1.61. The van der Waals surface area contributed by atoms with Gasteiger partial charge in [-0.2, -0.15) is 0 Å². The molecule has 0 fully saturated rings. The van der Waals surface area contributed by atoms with Crippen LogP contribution in [-0.2, 0) is 9.63 Å². The van der Waals surface area contributed by atoms with Crippen molar-refractivity contribution >= 4 is 5.97 Å². The van der Waals surface area contributed by atoms with Gasteiger partial charge in [0.2, 0.25) is 0 Å². The molecule has 72 valence electrons. The number of unbranched alkanes of at least 4 members (excludes halogenated alkanes) is 2. The van der Waals surface area contributed by atoms with E-state index in [2.05, 4.69) is 6.92 Å². The van der Waals surface area contributed by atoms with E-state index < -0.39 is 0 Å². The third-order valence-electron chi connectivity index (χ3n) is 1.62. The van der Waals surface area contributed by atoms with E-state index in [0.717, 1.165) is 13.0 Å². The zero-order chi connectivity index (χ0) is 9.40. The molecule has 0 atom stereocenters. The van der Waals surface area contributed by atoms with Gasteiger partial charge in [-0.15, -0.1) is 5.06 Å². The lowest BCUT2D eigenvalue weighted by Crippen LogP contribution is -2.23. The Hall–Kier alpha value is -0.570. The second-order valence-electron chi connectivity index (χ2n) is 2.88. The summed E-state index contributed by atoms with van der Waals surface area (Å²) in [5.74, 6) is -0.158. The fourth-order valence-electron chi connectivity index (χ4n) is 0.868. The Balaban J connectivity index is 3.32. The van der Waals surface area contributed by atoms with Gasteiger partial charge in [-0.1, -0.05) is 26.7 Å². The molecule has 3 heteroatoms. The molecule has 0 aliphatic carbocycles. The quantitative estimate of drug-likeness (QED) is 0.454. The first-order valence-corrected chi connectivity index (χ1v) is 4.62. The molecular formula is C9H19NO2. The molecule has 0 radical (unpaired) electrons. The molecule has 0 rings (SSSR count). The maximum atomic E-state index is 10.8. The van der Waals surface area contributed by atoms with Gasteiger partial charge >= 0.3 is 5.97 Å². The van der Waals surface area contributed by atoms with Gasteiger partial charge in [0.1, 0.15) is 0 Å². The highest BCUT2D eigenvalue weighted by Crippen LogP contribution is 1.97. The van der Waals surface area contributed by atoms with Crippen LogP contribution in [0.2, 0.25) is 0 Å². The largest absolute Gasteiger partial charge is 0.368 e. The second kappa shape index (κ2) is 7.10. The number of nitrogens with zero attached hydrogens (tertiary/aromatic N) is 1. The van der Waals surface area contributed by atoms with Crippen LogP contribution in [0.15, 0.2) is 0 Å². The summed E-state index contributed by atoms with van der Waals surface area (Å²) in [5.41, 5.74) is 0. The van der Waals surface area contributed by atoms with E-state index in [9.17, 15) is 4.79 Å². The van der Waals surface area contributed by atoms with Crippen molar-refractivity contribution in [3.05, 3.63) is 0 Å². The number of carbonyl (C=O) groups is 1. The number of hydroxylamine groups is 2. The molecule has 0 N–H and O–H groups in total. The van der Waals surface area contributed by atoms with Crippen molar-refractivity contribution in [1.82, 2.24) is 5.06 Å². The monoisotopic (exact) mass is 173 g/mol. The van der Waals surface area contributed by atoms with Crippen LogP contribution in [0.1, 0.15) is 39.5 Å². The third kappa shape index (κ3) is 6.16. The molecule has 0 saturated carbocycles.